The third-order valence-corrected chi connectivity index (χ3v) is 4.76. The van der Waals surface area contributed by atoms with Crippen LogP contribution in [0.1, 0.15) is 39.2 Å². The number of carbonyl (C=O) groups excluding carboxylic acids is 1. The summed E-state index contributed by atoms with van der Waals surface area (Å²) in [5, 5.41) is 0. The fourth-order valence-corrected chi connectivity index (χ4v) is 3.39. The maximum atomic E-state index is 10.7. The summed E-state index contributed by atoms with van der Waals surface area (Å²) in [5.74, 6) is 0.563. The first-order valence-corrected chi connectivity index (χ1v) is 6.02. The summed E-state index contributed by atoms with van der Waals surface area (Å²) in [4.78, 5) is 10.7. The van der Waals surface area contributed by atoms with E-state index in [-0.39, 0.29) is 10.8 Å². The molecular weight excluding hydrogens is 196 g/mol. The third-order valence-electron chi connectivity index (χ3n) is 4.76. The number of rotatable bonds is 3. The Labute approximate surface area is 97.9 Å². The van der Waals surface area contributed by atoms with E-state index in [1.54, 1.807) is 0 Å². The third kappa shape index (κ3) is 1.50. The minimum Gasteiger partial charge on any atom is -0.303 e. The minimum atomic E-state index is 0.201. The zero-order valence-corrected chi connectivity index (χ0v) is 10.4. The molecule has 0 bridgehead atoms. The fraction of sp³-hybridized carbons (Fsp3) is 0.533. The summed E-state index contributed by atoms with van der Waals surface area (Å²) in [6.07, 6.45) is 2.88. The lowest BCUT2D eigenvalue weighted by molar-refractivity contribution is -0.116. The van der Waals surface area contributed by atoms with Crippen LogP contribution >= 0.6 is 0 Å². The van der Waals surface area contributed by atoms with Gasteiger partial charge in [0.1, 0.15) is 6.29 Å². The van der Waals surface area contributed by atoms with E-state index >= 15 is 0 Å². The SMILES string of the molecule is C[C@H]1C(C)(c2ccccc2)C[C@@]1(C)CC=O. The first kappa shape index (κ1) is 11.4. The Balaban J connectivity index is 2.23. The molecule has 1 nitrogen and oxygen atoms in total. The van der Waals surface area contributed by atoms with Crippen molar-refractivity contribution in [1.82, 2.24) is 0 Å². The van der Waals surface area contributed by atoms with Crippen LogP contribution in [0, 0.1) is 11.3 Å². The van der Waals surface area contributed by atoms with Crippen molar-refractivity contribution in [2.24, 2.45) is 11.3 Å². The maximum Gasteiger partial charge on any atom is 0.120 e. The Morgan fingerprint density at radius 2 is 1.94 bits per heavy atom. The number of hydrogen-bond donors (Lipinski definition) is 0. The molecule has 0 aromatic heterocycles. The highest BCUT2D eigenvalue weighted by atomic mass is 16.1. The van der Waals surface area contributed by atoms with Gasteiger partial charge in [-0.05, 0) is 28.7 Å². The second-order valence-corrected chi connectivity index (χ2v) is 5.71. The summed E-state index contributed by atoms with van der Waals surface area (Å²) in [6, 6.07) is 10.7. The Bertz CT molecular complexity index is 384. The average molecular weight is 216 g/mol. The molecule has 16 heavy (non-hydrogen) atoms. The van der Waals surface area contributed by atoms with E-state index < -0.39 is 0 Å². The molecule has 0 amide bonds. The summed E-state index contributed by atoms with van der Waals surface area (Å²) in [6.45, 7) is 6.83. The van der Waals surface area contributed by atoms with Crippen molar-refractivity contribution >= 4 is 6.29 Å². The first-order chi connectivity index (χ1) is 7.53. The van der Waals surface area contributed by atoms with Crippen molar-refractivity contribution in [1.29, 1.82) is 0 Å². The highest BCUT2D eigenvalue weighted by molar-refractivity contribution is 5.52. The molecule has 86 valence electrons. The molecule has 1 aliphatic rings. The molecule has 0 aliphatic heterocycles. The highest BCUT2D eigenvalue weighted by Crippen LogP contribution is 2.61. The second kappa shape index (κ2) is 3.73. The normalized spacial score (nSPS) is 37.8. The molecule has 1 aromatic rings. The lowest BCUT2D eigenvalue weighted by Gasteiger charge is -2.59. The molecule has 1 heteroatoms. The van der Waals surface area contributed by atoms with Gasteiger partial charge in [-0.1, -0.05) is 51.1 Å². The van der Waals surface area contributed by atoms with E-state index in [0.29, 0.717) is 12.3 Å². The van der Waals surface area contributed by atoms with Crippen LogP contribution in [0.15, 0.2) is 30.3 Å². The highest BCUT2D eigenvalue weighted by Gasteiger charge is 2.55. The van der Waals surface area contributed by atoms with Crippen LogP contribution in [0.5, 0.6) is 0 Å². The molecule has 1 aliphatic carbocycles. The molecule has 0 heterocycles. The average Bonchev–Trinajstić information content (AvgIpc) is 2.30. The lowest BCUT2D eigenvalue weighted by Crippen LogP contribution is -2.54. The van der Waals surface area contributed by atoms with Gasteiger partial charge < -0.3 is 4.79 Å². The van der Waals surface area contributed by atoms with Gasteiger partial charge in [0.15, 0.2) is 0 Å². The summed E-state index contributed by atoms with van der Waals surface area (Å²) < 4.78 is 0. The molecule has 3 atom stereocenters. The topological polar surface area (TPSA) is 17.1 Å². The zero-order chi connectivity index (χ0) is 11.8. The largest absolute Gasteiger partial charge is 0.303 e. The van der Waals surface area contributed by atoms with E-state index in [2.05, 4.69) is 51.1 Å². The van der Waals surface area contributed by atoms with Gasteiger partial charge in [0, 0.05) is 6.42 Å². The fourth-order valence-electron chi connectivity index (χ4n) is 3.39. The molecule has 1 aromatic carbocycles. The smallest absolute Gasteiger partial charge is 0.120 e. The van der Waals surface area contributed by atoms with Crippen molar-refractivity contribution in [3.05, 3.63) is 35.9 Å². The summed E-state index contributed by atoms with van der Waals surface area (Å²) in [5.41, 5.74) is 1.86. The van der Waals surface area contributed by atoms with Gasteiger partial charge in [-0.3, -0.25) is 0 Å². The minimum absolute atomic E-state index is 0.201. The van der Waals surface area contributed by atoms with Crippen LogP contribution in [0.4, 0.5) is 0 Å². The van der Waals surface area contributed by atoms with Crippen LogP contribution in [-0.2, 0) is 10.2 Å². The van der Waals surface area contributed by atoms with E-state index in [1.807, 2.05) is 0 Å². The van der Waals surface area contributed by atoms with Crippen LogP contribution in [0.25, 0.3) is 0 Å². The zero-order valence-electron chi connectivity index (χ0n) is 10.4. The second-order valence-electron chi connectivity index (χ2n) is 5.71. The van der Waals surface area contributed by atoms with Crippen molar-refractivity contribution in [3.63, 3.8) is 0 Å². The van der Waals surface area contributed by atoms with E-state index in [0.717, 1.165) is 12.7 Å². The predicted octanol–water partition coefficient (Wildman–Crippen LogP) is 3.58. The first-order valence-electron chi connectivity index (χ1n) is 6.02. The molecular formula is C15H20O. The van der Waals surface area contributed by atoms with E-state index in [4.69, 9.17) is 0 Å². The number of aldehydes is 1. The quantitative estimate of drug-likeness (QED) is 0.706. The van der Waals surface area contributed by atoms with E-state index in [9.17, 15) is 4.79 Å². The van der Waals surface area contributed by atoms with Crippen molar-refractivity contribution < 1.29 is 4.79 Å². The standard InChI is InChI=1S/C15H20O/c1-12-14(2,9-10-16)11-15(12,3)13-7-5-4-6-8-13/h4-8,10,12H,9,11H2,1-3H3/t12-,14-,15?/m1/s1. The van der Waals surface area contributed by atoms with Gasteiger partial charge in [0.05, 0.1) is 0 Å². The number of carbonyl (C=O) groups is 1. The van der Waals surface area contributed by atoms with Gasteiger partial charge in [-0.15, -0.1) is 0 Å². The van der Waals surface area contributed by atoms with Gasteiger partial charge in [0.2, 0.25) is 0 Å². The Morgan fingerprint density at radius 1 is 1.31 bits per heavy atom. The molecule has 0 spiro atoms. The molecule has 1 unspecified atom stereocenters. The molecule has 0 saturated heterocycles. The van der Waals surface area contributed by atoms with Crippen molar-refractivity contribution in [2.45, 2.75) is 39.0 Å². The van der Waals surface area contributed by atoms with Gasteiger partial charge in [-0.25, -0.2) is 0 Å². The molecule has 1 saturated carbocycles. The number of hydrogen-bond acceptors (Lipinski definition) is 1. The van der Waals surface area contributed by atoms with Gasteiger partial charge in [0.25, 0.3) is 0 Å². The lowest BCUT2D eigenvalue weighted by atomic mass is 9.44. The summed E-state index contributed by atoms with van der Waals surface area (Å²) >= 11 is 0. The van der Waals surface area contributed by atoms with Crippen molar-refractivity contribution in [3.8, 4) is 0 Å². The summed E-state index contributed by atoms with van der Waals surface area (Å²) in [7, 11) is 0. The van der Waals surface area contributed by atoms with E-state index in [1.165, 1.54) is 5.56 Å². The van der Waals surface area contributed by atoms with Crippen molar-refractivity contribution in [2.75, 3.05) is 0 Å². The van der Waals surface area contributed by atoms with Crippen LogP contribution in [-0.4, -0.2) is 6.29 Å². The molecule has 0 radical (unpaired) electrons. The molecule has 1 fully saturated rings. The number of benzene rings is 1. The van der Waals surface area contributed by atoms with Gasteiger partial charge in [-0.2, -0.15) is 0 Å². The molecule has 0 N–H and O–H groups in total. The Hall–Kier alpha value is -1.11. The van der Waals surface area contributed by atoms with Crippen LogP contribution in [0.3, 0.4) is 0 Å². The monoisotopic (exact) mass is 216 g/mol. The predicted molar refractivity (Wildman–Crippen MR) is 66.4 cm³/mol. The van der Waals surface area contributed by atoms with Gasteiger partial charge >= 0.3 is 0 Å². The van der Waals surface area contributed by atoms with Crippen LogP contribution in [0.2, 0.25) is 0 Å². The molecule has 2 rings (SSSR count). The maximum absolute atomic E-state index is 10.7. The van der Waals surface area contributed by atoms with Crippen LogP contribution < -0.4 is 0 Å². The Kier molecular flexibility index (Phi) is 2.65. The Morgan fingerprint density at radius 3 is 2.44 bits per heavy atom.